The number of nitriles is 1. The van der Waals surface area contributed by atoms with E-state index in [9.17, 15) is 0 Å². The third-order valence-electron chi connectivity index (χ3n) is 1.36. The number of nitrogen functional groups attached to an aromatic ring is 1. The van der Waals surface area contributed by atoms with Crippen LogP contribution in [0.2, 0.25) is 0 Å². The van der Waals surface area contributed by atoms with Gasteiger partial charge in [-0.1, -0.05) is 0 Å². The van der Waals surface area contributed by atoms with Crippen molar-refractivity contribution in [1.82, 2.24) is 4.98 Å². The van der Waals surface area contributed by atoms with Gasteiger partial charge in [0.25, 0.3) is 0 Å². The molecule has 12 heavy (non-hydrogen) atoms. The van der Waals surface area contributed by atoms with E-state index in [-0.39, 0.29) is 16.8 Å². The molecular formula is C6H6BN3O2. The summed E-state index contributed by atoms with van der Waals surface area (Å²) < 4.78 is 0. The smallest absolute Gasteiger partial charge is 0.423 e. The summed E-state index contributed by atoms with van der Waals surface area (Å²) in [5, 5.41) is 25.9. The van der Waals surface area contributed by atoms with Gasteiger partial charge in [0.05, 0.1) is 5.56 Å². The molecular weight excluding hydrogens is 157 g/mol. The largest absolute Gasteiger partial charge is 0.492 e. The minimum absolute atomic E-state index is 0.0176. The molecule has 60 valence electrons. The molecule has 0 aliphatic carbocycles. The molecule has 0 aromatic carbocycles. The SMILES string of the molecule is N#Cc1cnc(N)c(B(O)O)c1. The molecule has 1 aromatic heterocycles. The van der Waals surface area contributed by atoms with Crippen LogP contribution in [0.3, 0.4) is 0 Å². The number of hydrogen-bond acceptors (Lipinski definition) is 5. The van der Waals surface area contributed by atoms with Gasteiger partial charge in [0.15, 0.2) is 0 Å². The zero-order chi connectivity index (χ0) is 9.14. The van der Waals surface area contributed by atoms with Crippen LogP contribution in [0, 0.1) is 11.3 Å². The van der Waals surface area contributed by atoms with Gasteiger partial charge >= 0.3 is 7.12 Å². The molecule has 1 heterocycles. The second kappa shape index (κ2) is 3.22. The summed E-state index contributed by atoms with van der Waals surface area (Å²) in [4.78, 5) is 3.61. The zero-order valence-electron chi connectivity index (χ0n) is 6.10. The minimum Gasteiger partial charge on any atom is -0.423 e. The highest BCUT2D eigenvalue weighted by Crippen LogP contribution is 1.97. The maximum atomic E-state index is 8.75. The lowest BCUT2D eigenvalue weighted by molar-refractivity contribution is 0.426. The summed E-state index contributed by atoms with van der Waals surface area (Å²) in [5.41, 5.74) is 5.60. The van der Waals surface area contributed by atoms with E-state index in [4.69, 9.17) is 21.0 Å². The lowest BCUT2D eigenvalue weighted by Crippen LogP contribution is -2.33. The highest BCUT2D eigenvalue weighted by Gasteiger charge is 2.15. The molecule has 0 saturated heterocycles. The second-order valence-corrected chi connectivity index (χ2v) is 2.18. The van der Waals surface area contributed by atoms with Crippen LogP contribution in [0.5, 0.6) is 0 Å². The Balaban J connectivity index is 3.19. The van der Waals surface area contributed by atoms with Gasteiger partial charge in [0, 0.05) is 11.7 Å². The monoisotopic (exact) mass is 163 g/mol. The van der Waals surface area contributed by atoms with Gasteiger partial charge in [0.2, 0.25) is 0 Å². The van der Waals surface area contributed by atoms with E-state index in [0.29, 0.717) is 0 Å². The Morgan fingerprint density at radius 3 is 2.75 bits per heavy atom. The van der Waals surface area contributed by atoms with Crippen molar-refractivity contribution in [1.29, 1.82) is 5.26 Å². The Hall–Kier alpha value is -1.58. The van der Waals surface area contributed by atoms with Gasteiger partial charge in [-0.2, -0.15) is 5.26 Å². The fourth-order valence-electron chi connectivity index (χ4n) is 0.760. The van der Waals surface area contributed by atoms with Crippen LogP contribution in [0.4, 0.5) is 5.82 Å². The van der Waals surface area contributed by atoms with E-state index in [0.717, 1.165) is 0 Å². The first-order valence-corrected chi connectivity index (χ1v) is 3.17. The molecule has 0 radical (unpaired) electrons. The Bertz CT molecular complexity index is 334. The van der Waals surface area contributed by atoms with Crippen LogP contribution < -0.4 is 11.2 Å². The van der Waals surface area contributed by atoms with Crippen molar-refractivity contribution in [2.45, 2.75) is 0 Å². The molecule has 0 spiro atoms. The van der Waals surface area contributed by atoms with E-state index < -0.39 is 7.12 Å². The van der Waals surface area contributed by atoms with E-state index in [2.05, 4.69) is 4.98 Å². The van der Waals surface area contributed by atoms with Crippen LogP contribution in [0.15, 0.2) is 12.3 Å². The summed E-state index contributed by atoms with van der Waals surface area (Å²) >= 11 is 0. The van der Waals surface area contributed by atoms with Crippen LogP contribution in [0.25, 0.3) is 0 Å². The first-order chi connectivity index (χ1) is 5.65. The first kappa shape index (κ1) is 8.52. The van der Waals surface area contributed by atoms with Crippen LogP contribution >= 0.6 is 0 Å². The van der Waals surface area contributed by atoms with Gasteiger partial charge in [-0.25, -0.2) is 4.98 Å². The molecule has 6 heteroatoms. The number of aromatic nitrogens is 1. The fourth-order valence-corrected chi connectivity index (χ4v) is 0.760. The van der Waals surface area contributed by atoms with Crippen molar-refractivity contribution in [3.8, 4) is 6.07 Å². The van der Waals surface area contributed by atoms with Gasteiger partial charge in [-0.05, 0) is 6.07 Å². The third-order valence-corrected chi connectivity index (χ3v) is 1.36. The molecule has 0 amide bonds. The molecule has 4 N–H and O–H groups in total. The van der Waals surface area contributed by atoms with Crippen molar-refractivity contribution in [2.75, 3.05) is 5.73 Å². The average Bonchev–Trinajstić information content (AvgIpc) is 2.05. The van der Waals surface area contributed by atoms with Crippen LogP contribution in [-0.4, -0.2) is 22.2 Å². The highest BCUT2D eigenvalue weighted by atomic mass is 16.4. The van der Waals surface area contributed by atoms with Gasteiger partial charge in [-0.3, -0.25) is 0 Å². The molecule has 0 unspecified atom stereocenters. The summed E-state index contributed by atoms with van der Waals surface area (Å²) in [5.74, 6) is 0.0176. The Kier molecular flexibility index (Phi) is 2.28. The standard InChI is InChI=1S/C6H6BN3O2/c8-2-4-1-5(7(11)12)6(9)10-3-4/h1,3,11-12H,(H2,9,10). The lowest BCUT2D eigenvalue weighted by atomic mass is 9.80. The van der Waals surface area contributed by atoms with E-state index in [1.54, 1.807) is 0 Å². The first-order valence-electron chi connectivity index (χ1n) is 3.17. The minimum atomic E-state index is -1.69. The lowest BCUT2D eigenvalue weighted by Gasteiger charge is -2.01. The van der Waals surface area contributed by atoms with Crippen LogP contribution in [0.1, 0.15) is 5.56 Å². The fraction of sp³-hybridized carbons (Fsp3) is 0. The van der Waals surface area contributed by atoms with Crippen molar-refractivity contribution < 1.29 is 10.0 Å². The molecule has 0 saturated carbocycles. The quantitative estimate of drug-likeness (QED) is 0.424. The van der Waals surface area contributed by atoms with E-state index in [1.165, 1.54) is 12.3 Å². The number of nitrogens with two attached hydrogens (primary N) is 1. The summed E-state index contributed by atoms with van der Waals surface area (Å²) in [7, 11) is -1.69. The number of anilines is 1. The van der Waals surface area contributed by atoms with Crippen molar-refractivity contribution >= 4 is 18.4 Å². The highest BCUT2D eigenvalue weighted by molar-refractivity contribution is 6.60. The molecule has 0 bridgehead atoms. The Labute approximate surface area is 69.2 Å². The maximum absolute atomic E-state index is 8.75. The number of pyridine rings is 1. The molecule has 0 aliphatic heterocycles. The number of rotatable bonds is 1. The normalized spacial score (nSPS) is 9.08. The van der Waals surface area contributed by atoms with Crippen LogP contribution in [-0.2, 0) is 0 Å². The number of hydrogen-bond donors (Lipinski definition) is 3. The molecule has 0 aliphatic rings. The van der Waals surface area contributed by atoms with Crippen molar-refractivity contribution in [2.24, 2.45) is 0 Å². The van der Waals surface area contributed by atoms with E-state index in [1.807, 2.05) is 6.07 Å². The molecule has 5 nitrogen and oxygen atoms in total. The molecule has 1 aromatic rings. The van der Waals surface area contributed by atoms with Crippen molar-refractivity contribution in [3.05, 3.63) is 17.8 Å². The summed E-state index contributed by atoms with van der Waals surface area (Å²) in [6.45, 7) is 0. The second-order valence-electron chi connectivity index (χ2n) is 2.18. The predicted octanol–water partition coefficient (Wildman–Crippen LogP) is -1.78. The maximum Gasteiger partial charge on any atom is 0.492 e. The van der Waals surface area contributed by atoms with Gasteiger partial charge in [-0.15, -0.1) is 0 Å². The summed E-state index contributed by atoms with van der Waals surface area (Å²) in [6.07, 6.45) is 1.27. The van der Waals surface area contributed by atoms with Gasteiger partial charge in [0.1, 0.15) is 11.9 Å². The molecule has 0 fully saturated rings. The topological polar surface area (TPSA) is 103 Å². The average molecular weight is 163 g/mol. The molecule has 0 atom stereocenters. The Morgan fingerprint density at radius 1 is 1.58 bits per heavy atom. The van der Waals surface area contributed by atoms with Gasteiger partial charge < -0.3 is 15.8 Å². The third kappa shape index (κ3) is 1.53. The zero-order valence-corrected chi connectivity index (χ0v) is 6.10. The predicted molar refractivity (Wildman–Crippen MR) is 43.2 cm³/mol. The Morgan fingerprint density at radius 2 is 2.25 bits per heavy atom. The molecule has 1 rings (SSSR count). The number of nitrogens with zero attached hydrogens (tertiary/aromatic N) is 2. The van der Waals surface area contributed by atoms with E-state index >= 15 is 0 Å². The van der Waals surface area contributed by atoms with Crippen molar-refractivity contribution in [3.63, 3.8) is 0 Å². The summed E-state index contributed by atoms with van der Waals surface area (Å²) in [6, 6.07) is 3.09.